The second-order valence-electron chi connectivity index (χ2n) is 7.12. The Morgan fingerprint density at radius 2 is 1.94 bits per heavy atom. The number of aliphatic hydroxyl groups excluding tert-OH is 1. The summed E-state index contributed by atoms with van der Waals surface area (Å²) in [6.07, 6.45) is 3.17. The van der Waals surface area contributed by atoms with Gasteiger partial charge in [-0.25, -0.2) is 0 Å². The summed E-state index contributed by atoms with van der Waals surface area (Å²) >= 11 is 6.14. The monoisotopic (exact) mass is 434 g/mol. The van der Waals surface area contributed by atoms with Crippen LogP contribution in [0.3, 0.4) is 0 Å². The highest BCUT2D eigenvalue weighted by atomic mass is 35.5. The predicted octanol–water partition coefficient (Wildman–Crippen LogP) is 4.68. The molecule has 1 amide bonds. The number of nitrogens with zero attached hydrogens (tertiary/aromatic N) is 2. The van der Waals surface area contributed by atoms with Crippen molar-refractivity contribution in [1.82, 2.24) is 4.98 Å². The van der Waals surface area contributed by atoms with Gasteiger partial charge in [0.15, 0.2) is 0 Å². The van der Waals surface area contributed by atoms with E-state index < -0.39 is 17.7 Å². The van der Waals surface area contributed by atoms with Gasteiger partial charge >= 0.3 is 0 Å². The predicted molar refractivity (Wildman–Crippen MR) is 118 cm³/mol. The number of rotatable bonds is 4. The number of amides is 1. The summed E-state index contributed by atoms with van der Waals surface area (Å²) in [5, 5.41) is 11.6. The van der Waals surface area contributed by atoms with Crippen molar-refractivity contribution in [2.45, 2.75) is 13.0 Å². The Kier molecular flexibility index (Phi) is 5.48. The molecule has 156 valence electrons. The zero-order valence-corrected chi connectivity index (χ0v) is 17.6. The number of Topliss-reactive ketones (excluding diaryl/α,β-unsaturated/α-hetero) is 1. The van der Waals surface area contributed by atoms with Crippen LogP contribution >= 0.6 is 11.6 Å². The molecule has 1 saturated heterocycles. The van der Waals surface area contributed by atoms with E-state index in [4.69, 9.17) is 16.3 Å². The molecule has 1 aromatic heterocycles. The van der Waals surface area contributed by atoms with Crippen molar-refractivity contribution in [2.24, 2.45) is 0 Å². The third-order valence-electron chi connectivity index (χ3n) is 5.22. The van der Waals surface area contributed by atoms with Crippen LogP contribution in [-0.4, -0.2) is 28.9 Å². The maximum atomic E-state index is 13.1. The van der Waals surface area contributed by atoms with Gasteiger partial charge < -0.3 is 9.84 Å². The summed E-state index contributed by atoms with van der Waals surface area (Å²) in [4.78, 5) is 31.7. The van der Waals surface area contributed by atoms with Gasteiger partial charge in [0.05, 0.1) is 18.7 Å². The van der Waals surface area contributed by atoms with E-state index in [1.54, 1.807) is 81.0 Å². The molecule has 4 rings (SSSR count). The van der Waals surface area contributed by atoms with Gasteiger partial charge in [-0.15, -0.1) is 0 Å². The molecule has 0 radical (unpaired) electrons. The van der Waals surface area contributed by atoms with Crippen molar-refractivity contribution in [3.63, 3.8) is 0 Å². The molecule has 0 saturated carbocycles. The smallest absolute Gasteiger partial charge is 0.300 e. The molecule has 2 heterocycles. The minimum absolute atomic E-state index is 0.00811. The molecular formula is C24H19ClN2O4. The Balaban J connectivity index is 1.95. The van der Waals surface area contributed by atoms with E-state index in [-0.39, 0.29) is 11.3 Å². The van der Waals surface area contributed by atoms with E-state index in [0.29, 0.717) is 33.1 Å². The molecule has 1 fully saturated rings. The number of carbonyl (C=O) groups excluding carboxylic acids is 2. The van der Waals surface area contributed by atoms with Crippen molar-refractivity contribution < 1.29 is 19.4 Å². The van der Waals surface area contributed by atoms with Crippen molar-refractivity contribution in [3.05, 3.63) is 94.3 Å². The topological polar surface area (TPSA) is 79.7 Å². The van der Waals surface area contributed by atoms with E-state index in [0.717, 1.165) is 0 Å². The van der Waals surface area contributed by atoms with Crippen LogP contribution in [0.5, 0.6) is 5.75 Å². The van der Waals surface area contributed by atoms with E-state index >= 15 is 0 Å². The lowest BCUT2D eigenvalue weighted by Gasteiger charge is -2.25. The highest BCUT2D eigenvalue weighted by Crippen LogP contribution is 2.42. The first-order valence-corrected chi connectivity index (χ1v) is 9.91. The fourth-order valence-corrected chi connectivity index (χ4v) is 3.94. The van der Waals surface area contributed by atoms with Gasteiger partial charge in [0.2, 0.25) is 0 Å². The standard InChI is InChI=1S/C24H19ClN2O4/c1-14-11-18(31-2)8-9-19(14)22(28)20-21(15-5-4-10-26-13-15)27(24(30)23(20)29)17-7-3-6-16(25)12-17/h3-13,21,28H,1-2H3/b22-20-. The van der Waals surface area contributed by atoms with E-state index in [2.05, 4.69) is 4.98 Å². The van der Waals surface area contributed by atoms with Gasteiger partial charge in [-0.3, -0.25) is 19.5 Å². The van der Waals surface area contributed by atoms with Crippen LogP contribution in [0.25, 0.3) is 5.76 Å². The molecule has 7 heteroatoms. The quantitative estimate of drug-likeness (QED) is 0.366. The number of aliphatic hydroxyl groups is 1. The fourth-order valence-electron chi connectivity index (χ4n) is 3.75. The number of aromatic nitrogens is 1. The Morgan fingerprint density at radius 1 is 1.13 bits per heavy atom. The van der Waals surface area contributed by atoms with Crippen molar-refractivity contribution >= 4 is 34.7 Å². The maximum Gasteiger partial charge on any atom is 0.300 e. The largest absolute Gasteiger partial charge is 0.507 e. The Morgan fingerprint density at radius 3 is 2.58 bits per heavy atom. The first-order chi connectivity index (χ1) is 14.9. The Labute approximate surface area is 184 Å². The summed E-state index contributed by atoms with van der Waals surface area (Å²) in [5.41, 5.74) is 2.18. The number of anilines is 1. The molecular weight excluding hydrogens is 416 g/mol. The molecule has 6 nitrogen and oxygen atoms in total. The van der Waals surface area contributed by atoms with Gasteiger partial charge in [-0.1, -0.05) is 23.7 Å². The third kappa shape index (κ3) is 3.66. The number of ether oxygens (including phenoxy) is 1. The Hall–Kier alpha value is -3.64. The Bertz CT molecular complexity index is 1210. The van der Waals surface area contributed by atoms with Gasteiger partial charge in [0.1, 0.15) is 11.5 Å². The second kappa shape index (κ2) is 8.24. The number of carbonyl (C=O) groups is 2. The zero-order chi connectivity index (χ0) is 22.1. The molecule has 0 aliphatic carbocycles. The van der Waals surface area contributed by atoms with Crippen LogP contribution in [0, 0.1) is 6.92 Å². The van der Waals surface area contributed by atoms with Gasteiger partial charge in [-0.05, 0) is 60.5 Å². The lowest BCUT2D eigenvalue weighted by Crippen LogP contribution is -2.29. The highest BCUT2D eigenvalue weighted by Gasteiger charge is 2.47. The normalized spacial score (nSPS) is 17.8. The number of methoxy groups -OCH3 is 1. The number of pyridine rings is 1. The number of hydrogen-bond acceptors (Lipinski definition) is 5. The van der Waals surface area contributed by atoms with Crippen LogP contribution < -0.4 is 9.64 Å². The average Bonchev–Trinajstić information content (AvgIpc) is 3.04. The minimum Gasteiger partial charge on any atom is -0.507 e. The molecule has 1 atom stereocenters. The molecule has 1 unspecified atom stereocenters. The molecule has 31 heavy (non-hydrogen) atoms. The maximum absolute atomic E-state index is 13.1. The summed E-state index contributed by atoms with van der Waals surface area (Å²) in [6.45, 7) is 1.80. The van der Waals surface area contributed by atoms with Crippen molar-refractivity contribution in [2.75, 3.05) is 12.0 Å². The highest BCUT2D eigenvalue weighted by molar-refractivity contribution is 6.51. The number of hydrogen-bond donors (Lipinski definition) is 1. The molecule has 1 aliphatic rings. The first kappa shape index (κ1) is 20.6. The van der Waals surface area contributed by atoms with E-state index in [1.165, 1.54) is 4.90 Å². The van der Waals surface area contributed by atoms with Crippen molar-refractivity contribution in [1.29, 1.82) is 0 Å². The number of benzene rings is 2. The lowest BCUT2D eigenvalue weighted by atomic mass is 9.94. The van der Waals surface area contributed by atoms with Gasteiger partial charge in [0, 0.05) is 28.7 Å². The zero-order valence-electron chi connectivity index (χ0n) is 16.9. The molecule has 1 N–H and O–H groups in total. The minimum atomic E-state index is -0.853. The van der Waals surface area contributed by atoms with Crippen LogP contribution in [0.15, 0.2) is 72.6 Å². The first-order valence-electron chi connectivity index (χ1n) is 9.54. The van der Waals surface area contributed by atoms with E-state index in [1.807, 2.05) is 0 Å². The van der Waals surface area contributed by atoms with E-state index in [9.17, 15) is 14.7 Å². The average molecular weight is 435 g/mol. The number of ketones is 1. The molecule has 1 aliphatic heterocycles. The SMILES string of the molecule is COc1ccc(/C(O)=C2/C(=O)C(=O)N(c3cccc(Cl)c3)C2c2cccnc2)c(C)c1. The van der Waals surface area contributed by atoms with Gasteiger partial charge in [-0.2, -0.15) is 0 Å². The number of halogens is 1. The molecule has 0 spiro atoms. The summed E-state index contributed by atoms with van der Waals surface area (Å²) in [7, 11) is 1.55. The van der Waals surface area contributed by atoms with Crippen LogP contribution in [-0.2, 0) is 9.59 Å². The second-order valence-corrected chi connectivity index (χ2v) is 7.55. The fraction of sp³-hybridized carbons (Fsp3) is 0.125. The third-order valence-corrected chi connectivity index (χ3v) is 5.45. The summed E-state index contributed by atoms with van der Waals surface area (Å²) in [5.74, 6) is -1.15. The molecule has 0 bridgehead atoms. The summed E-state index contributed by atoms with van der Waals surface area (Å²) in [6, 6.07) is 14.4. The number of aryl methyl sites for hydroxylation is 1. The van der Waals surface area contributed by atoms with Gasteiger partial charge in [0.25, 0.3) is 11.7 Å². The van der Waals surface area contributed by atoms with Crippen LogP contribution in [0.4, 0.5) is 5.69 Å². The summed E-state index contributed by atoms with van der Waals surface area (Å²) < 4.78 is 5.22. The lowest BCUT2D eigenvalue weighted by molar-refractivity contribution is -0.132. The van der Waals surface area contributed by atoms with Crippen LogP contribution in [0.1, 0.15) is 22.7 Å². The van der Waals surface area contributed by atoms with Crippen molar-refractivity contribution in [3.8, 4) is 5.75 Å². The molecule has 2 aromatic carbocycles. The van der Waals surface area contributed by atoms with Crippen LogP contribution in [0.2, 0.25) is 5.02 Å². The molecule has 3 aromatic rings.